The quantitative estimate of drug-likeness (QED) is 0.485. The van der Waals surface area contributed by atoms with Crippen LogP contribution in [0.5, 0.6) is 0 Å². The molecule has 6 rings (SSSR count). The molecule has 0 radical (unpaired) electrons. The topological polar surface area (TPSA) is 87.9 Å². The van der Waals surface area contributed by atoms with Crippen molar-refractivity contribution in [2.45, 2.75) is 18.9 Å². The molecule has 0 bridgehead atoms. The molecular weight excluding hydrogens is 388 g/mol. The first-order valence-electron chi connectivity index (χ1n) is 10.4. The van der Waals surface area contributed by atoms with Crippen LogP contribution in [0, 0.1) is 0 Å². The number of hydrogen-bond donors (Lipinski definition) is 1. The van der Waals surface area contributed by atoms with Gasteiger partial charge in [-0.25, -0.2) is 9.97 Å². The van der Waals surface area contributed by atoms with Crippen LogP contribution in [-0.2, 0) is 0 Å². The van der Waals surface area contributed by atoms with Crippen molar-refractivity contribution in [1.82, 2.24) is 34.8 Å². The fourth-order valence-electron chi connectivity index (χ4n) is 4.22. The van der Waals surface area contributed by atoms with Gasteiger partial charge < -0.3 is 4.90 Å². The van der Waals surface area contributed by atoms with Crippen LogP contribution >= 0.6 is 0 Å². The van der Waals surface area contributed by atoms with Gasteiger partial charge in [-0.2, -0.15) is 19.7 Å². The Bertz CT molecular complexity index is 1330. The second-order valence-corrected chi connectivity index (χ2v) is 7.60. The SMILES string of the molecule is c1ccc(-c2cc(N3CCCC3c3nc(-c4ccccc4)n[nH]3)n3ncnc3n2)cc1. The highest BCUT2D eigenvalue weighted by Crippen LogP contribution is 2.36. The van der Waals surface area contributed by atoms with Crippen LogP contribution in [0.4, 0.5) is 5.82 Å². The van der Waals surface area contributed by atoms with Crippen molar-refractivity contribution in [1.29, 1.82) is 0 Å². The zero-order valence-corrected chi connectivity index (χ0v) is 16.8. The Hall–Kier alpha value is -4.07. The summed E-state index contributed by atoms with van der Waals surface area (Å²) in [5, 5.41) is 12.1. The molecule has 8 nitrogen and oxygen atoms in total. The van der Waals surface area contributed by atoms with Gasteiger partial charge in [0.05, 0.1) is 11.7 Å². The molecule has 1 aliphatic rings. The number of nitrogens with zero attached hydrogens (tertiary/aromatic N) is 7. The van der Waals surface area contributed by atoms with Gasteiger partial charge in [0.15, 0.2) is 5.82 Å². The lowest BCUT2D eigenvalue weighted by Crippen LogP contribution is -2.26. The molecule has 2 aromatic carbocycles. The van der Waals surface area contributed by atoms with Gasteiger partial charge in [-0.1, -0.05) is 60.7 Å². The number of H-pyrrole nitrogens is 1. The van der Waals surface area contributed by atoms with Crippen LogP contribution in [0.25, 0.3) is 28.4 Å². The van der Waals surface area contributed by atoms with Gasteiger partial charge in [0.2, 0.25) is 0 Å². The minimum absolute atomic E-state index is 0.0865. The maximum Gasteiger partial charge on any atom is 0.254 e. The fourth-order valence-corrected chi connectivity index (χ4v) is 4.22. The highest BCUT2D eigenvalue weighted by atomic mass is 15.4. The zero-order valence-electron chi connectivity index (χ0n) is 16.8. The molecule has 4 heterocycles. The van der Waals surface area contributed by atoms with Crippen LogP contribution < -0.4 is 4.90 Å². The molecule has 5 aromatic rings. The van der Waals surface area contributed by atoms with E-state index in [0.29, 0.717) is 11.6 Å². The third-order valence-corrected chi connectivity index (χ3v) is 5.70. The Morgan fingerprint density at radius 1 is 0.903 bits per heavy atom. The largest absolute Gasteiger partial charge is 0.346 e. The summed E-state index contributed by atoms with van der Waals surface area (Å²) in [7, 11) is 0. The number of anilines is 1. The van der Waals surface area contributed by atoms with E-state index in [0.717, 1.165) is 47.8 Å². The number of aromatic amines is 1. The Labute approximate surface area is 178 Å². The average Bonchev–Trinajstić information content (AvgIpc) is 3.59. The molecule has 1 atom stereocenters. The van der Waals surface area contributed by atoms with E-state index in [4.69, 9.17) is 9.97 Å². The predicted molar refractivity (Wildman–Crippen MR) is 117 cm³/mol. The summed E-state index contributed by atoms with van der Waals surface area (Å²) < 4.78 is 1.80. The standard InChI is InChI=1S/C23H20N8/c1-3-8-16(9-4-1)18-14-20(31-23(26-18)24-15-25-31)30-13-7-12-19(30)22-27-21(28-29-22)17-10-5-2-6-11-17/h1-6,8-11,14-15,19H,7,12-13H2,(H,27,28,29). The van der Waals surface area contributed by atoms with E-state index in [1.165, 1.54) is 0 Å². The van der Waals surface area contributed by atoms with Crippen molar-refractivity contribution >= 4 is 11.6 Å². The highest BCUT2D eigenvalue weighted by Gasteiger charge is 2.31. The molecule has 1 fully saturated rings. The summed E-state index contributed by atoms with van der Waals surface area (Å²) in [6.45, 7) is 0.902. The van der Waals surface area contributed by atoms with Gasteiger partial charge >= 0.3 is 0 Å². The van der Waals surface area contributed by atoms with Crippen molar-refractivity contribution in [2.24, 2.45) is 0 Å². The average molecular weight is 408 g/mol. The van der Waals surface area contributed by atoms with Crippen LogP contribution in [0.2, 0.25) is 0 Å². The summed E-state index contributed by atoms with van der Waals surface area (Å²) in [6, 6.07) is 22.4. The first kappa shape index (κ1) is 17.8. The molecule has 1 saturated heterocycles. The molecule has 3 aromatic heterocycles. The zero-order chi connectivity index (χ0) is 20.6. The van der Waals surface area contributed by atoms with Crippen molar-refractivity contribution in [3.63, 3.8) is 0 Å². The number of aromatic nitrogens is 7. The lowest BCUT2D eigenvalue weighted by Gasteiger charge is -2.25. The Morgan fingerprint density at radius 2 is 1.68 bits per heavy atom. The monoisotopic (exact) mass is 408 g/mol. The summed E-state index contributed by atoms with van der Waals surface area (Å²) in [6.07, 6.45) is 3.60. The summed E-state index contributed by atoms with van der Waals surface area (Å²) in [4.78, 5) is 16.2. The molecule has 152 valence electrons. The second kappa shape index (κ2) is 7.32. The van der Waals surface area contributed by atoms with Crippen molar-refractivity contribution < 1.29 is 0 Å². The summed E-state index contributed by atoms with van der Waals surface area (Å²) >= 11 is 0. The number of benzene rings is 2. The van der Waals surface area contributed by atoms with Crippen LogP contribution in [0.15, 0.2) is 73.1 Å². The number of nitrogens with one attached hydrogen (secondary N) is 1. The first-order chi connectivity index (χ1) is 15.4. The van der Waals surface area contributed by atoms with Crippen LogP contribution in [0.1, 0.15) is 24.7 Å². The molecule has 0 aliphatic carbocycles. The maximum absolute atomic E-state index is 4.82. The summed E-state index contributed by atoms with van der Waals surface area (Å²) in [5.74, 6) is 3.13. The third-order valence-electron chi connectivity index (χ3n) is 5.70. The maximum atomic E-state index is 4.82. The minimum Gasteiger partial charge on any atom is -0.346 e. The number of fused-ring (bicyclic) bond motifs is 1. The molecule has 8 heteroatoms. The molecule has 0 saturated carbocycles. The molecule has 1 N–H and O–H groups in total. The number of hydrogen-bond acceptors (Lipinski definition) is 6. The molecule has 1 unspecified atom stereocenters. The molecule has 31 heavy (non-hydrogen) atoms. The smallest absolute Gasteiger partial charge is 0.254 e. The third kappa shape index (κ3) is 3.13. The van der Waals surface area contributed by atoms with Gasteiger partial charge in [0.1, 0.15) is 18.0 Å². The normalized spacial score (nSPS) is 16.3. The highest BCUT2D eigenvalue weighted by molar-refractivity contribution is 5.66. The molecule has 1 aliphatic heterocycles. The molecule has 0 amide bonds. The lowest BCUT2D eigenvalue weighted by molar-refractivity contribution is 0.655. The van der Waals surface area contributed by atoms with E-state index in [2.05, 4.69) is 43.4 Å². The number of rotatable bonds is 4. The molecular formula is C23H20N8. The van der Waals surface area contributed by atoms with E-state index < -0.39 is 0 Å². The van der Waals surface area contributed by atoms with Crippen LogP contribution in [0.3, 0.4) is 0 Å². The Morgan fingerprint density at radius 3 is 2.48 bits per heavy atom. The molecule has 0 spiro atoms. The lowest BCUT2D eigenvalue weighted by atomic mass is 10.1. The minimum atomic E-state index is 0.0865. The first-order valence-corrected chi connectivity index (χ1v) is 10.4. The fraction of sp³-hybridized carbons (Fsp3) is 0.174. The van der Waals surface area contributed by atoms with Gasteiger partial charge in [-0.05, 0) is 12.8 Å². The predicted octanol–water partition coefficient (Wildman–Crippen LogP) is 3.92. The van der Waals surface area contributed by atoms with Crippen LogP contribution in [-0.4, -0.2) is 41.3 Å². The van der Waals surface area contributed by atoms with E-state index in [-0.39, 0.29) is 6.04 Å². The summed E-state index contributed by atoms with van der Waals surface area (Å²) in [5.41, 5.74) is 2.93. The van der Waals surface area contributed by atoms with Crippen molar-refractivity contribution in [3.8, 4) is 22.6 Å². The van der Waals surface area contributed by atoms with Crippen molar-refractivity contribution in [3.05, 3.63) is 78.9 Å². The van der Waals surface area contributed by atoms with Gasteiger partial charge in [0, 0.05) is 23.7 Å². The van der Waals surface area contributed by atoms with E-state index in [1.807, 2.05) is 48.5 Å². The van der Waals surface area contributed by atoms with E-state index >= 15 is 0 Å². The Kier molecular flexibility index (Phi) is 4.19. The van der Waals surface area contributed by atoms with Gasteiger partial charge in [-0.15, -0.1) is 0 Å². The van der Waals surface area contributed by atoms with E-state index in [9.17, 15) is 0 Å². The Balaban J connectivity index is 1.41. The second-order valence-electron chi connectivity index (χ2n) is 7.60. The van der Waals surface area contributed by atoms with E-state index in [1.54, 1.807) is 10.8 Å². The van der Waals surface area contributed by atoms with Crippen molar-refractivity contribution in [2.75, 3.05) is 11.4 Å². The van der Waals surface area contributed by atoms with Gasteiger partial charge in [-0.3, -0.25) is 5.10 Å². The van der Waals surface area contributed by atoms with Gasteiger partial charge in [0.25, 0.3) is 5.78 Å².